The smallest absolute Gasteiger partial charge is 0.355 e. The van der Waals surface area contributed by atoms with Crippen LogP contribution in [0.2, 0.25) is 0 Å². The number of nitrogens with zero attached hydrogens (tertiary/aromatic N) is 1. The largest absolute Gasteiger partial charge is 0.457 e. The van der Waals surface area contributed by atoms with Gasteiger partial charge in [0.2, 0.25) is 5.91 Å². The molecule has 0 saturated carbocycles. The number of aliphatic hydroxyl groups excluding tert-OH is 1. The molecule has 0 aliphatic carbocycles. The summed E-state index contributed by atoms with van der Waals surface area (Å²) in [5.74, 6) is -1.09. The van der Waals surface area contributed by atoms with Gasteiger partial charge >= 0.3 is 5.97 Å². The molecule has 5 nitrogen and oxygen atoms in total. The lowest BCUT2D eigenvalue weighted by Gasteiger charge is -2.46. The third-order valence-electron chi connectivity index (χ3n) is 3.47. The number of carbonyl (C=O) groups excluding carboxylic acids is 2. The van der Waals surface area contributed by atoms with E-state index >= 15 is 0 Å². The Morgan fingerprint density at radius 3 is 2.94 bits per heavy atom. The van der Waals surface area contributed by atoms with Crippen molar-refractivity contribution in [3.05, 3.63) is 24.4 Å². The van der Waals surface area contributed by atoms with Crippen molar-refractivity contribution in [3.8, 4) is 0 Å². The Balaban J connectivity index is 2.13. The van der Waals surface area contributed by atoms with E-state index in [9.17, 15) is 14.7 Å². The molecule has 0 aromatic heterocycles. The number of rotatable bonds is 4. The number of hydrogen-bond donors (Lipinski definition) is 1. The van der Waals surface area contributed by atoms with Gasteiger partial charge in [0.1, 0.15) is 12.3 Å². The van der Waals surface area contributed by atoms with Crippen molar-refractivity contribution in [1.82, 2.24) is 4.90 Å². The third-order valence-corrected chi connectivity index (χ3v) is 3.47. The molecule has 0 aromatic rings. The normalized spacial score (nSPS) is 31.3. The standard InChI is InChI=1S/C13H17NO4/c1-4-5-18-13(17)9-6-7(2)11-10(8(3)15)12(16)14(9)11/h4,6-8,10-11,15H,1,5H2,2-3H3. The molecule has 18 heavy (non-hydrogen) atoms. The number of aliphatic hydroxyl groups is 1. The van der Waals surface area contributed by atoms with Crippen molar-refractivity contribution in [2.24, 2.45) is 11.8 Å². The predicted octanol–water partition coefficient (Wildman–Crippen LogP) is 0.457. The van der Waals surface area contributed by atoms with Gasteiger partial charge in [-0.05, 0) is 18.9 Å². The van der Waals surface area contributed by atoms with E-state index < -0.39 is 18.0 Å². The van der Waals surface area contributed by atoms with E-state index in [1.54, 1.807) is 13.0 Å². The molecule has 2 aliphatic heterocycles. The summed E-state index contributed by atoms with van der Waals surface area (Å²) >= 11 is 0. The average molecular weight is 251 g/mol. The zero-order chi connectivity index (χ0) is 13.4. The van der Waals surface area contributed by atoms with Gasteiger partial charge in [-0.3, -0.25) is 4.79 Å². The zero-order valence-electron chi connectivity index (χ0n) is 10.5. The number of amides is 1. The molecular formula is C13H17NO4. The van der Waals surface area contributed by atoms with Crippen molar-refractivity contribution < 1.29 is 19.4 Å². The van der Waals surface area contributed by atoms with Crippen LogP contribution in [0.1, 0.15) is 13.8 Å². The van der Waals surface area contributed by atoms with Crippen LogP contribution in [0.5, 0.6) is 0 Å². The van der Waals surface area contributed by atoms with E-state index in [1.165, 1.54) is 11.0 Å². The van der Waals surface area contributed by atoms with Crippen LogP contribution in [-0.2, 0) is 14.3 Å². The van der Waals surface area contributed by atoms with Crippen molar-refractivity contribution >= 4 is 11.9 Å². The molecule has 0 radical (unpaired) electrons. The topological polar surface area (TPSA) is 66.8 Å². The van der Waals surface area contributed by atoms with Crippen LogP contribution in [0, 0.1) is 11.8 Å². The van der Waals surface area contributed by atoms with Crippen LogP contribution in [0.3, 0.4) is 0 Å². The van der Waals surface area contributed by atoms with Crippen molar-refractivity contribution in [2.45, 2.75) is 26.0 Å². The second-order valence-corrected chi connectivity index (χ2v) is 4.76. The molecule has 1 saturated heterocycles. The summed E-state index contributed by atoms with van der Waals surface area (Å²) in [4.78, 5) is 25.1. The Morgan fingerprint density at radius 1 is 1.72 bits per heavy atom. The minimum Gasteiger partial charge on any atom is -0.457 e. The molecule has 1 N–H and O–H groups in total. The fraction of sp³-hybridized carbons (Fsp3) is 0.538. The molecule has 4 atom stereocenters. The summed E-state index contributed by atoms with van der Waals surface area (Å²) in [6.07, 6.45) is 2.51. The Bertz CT molecular complexity index is 427. The lowest BCUT2D eigenvalue weighted by atomic mass is 9.79. The van der Waals surface area contributed by atoms with E-state index in [-0.39, 0.29) is 30.2 Å². The second kappa shape index (κ2) is 4.57. The first-order valence-corrected chi connectivity index (χ1v) is 6.00. The highest BCUT2D eigenvalue weighted by Crippen LogP contribution is 2.43. The fourth-order valence-corrected chi connectivity index (χ4v) is 2.67. The number of β-lactam (4-membered cyclic amide) rings is 1. The van der Waals surface area contributed by atoms with Crippen LogP contribution in [0.25, 0.3) is 0 Å². The fourth-order valence-electron chi connectivity index (χ4n) is 2.67. The van der Waals surface area contributed by atoms with E-state index in [0.29, 0.717) is 0 Å². The zero-order valence-corrected chi connectivity index (χ0v) is 10.5. The van der Waals surface area contributed by atoms with Crippen LogP contribution in [-0.4, -0.2) is 40.6 Å². The molecular weight excluding hydrogens is 234 g/mol. The highest BCUT2D eigenvalue weighted by atomic mass is 16.5. The van der Waals surface area contributed by atoms with Crippen LogP contribution < -0.4 is 0 Å². The summed E-state index contributed by atoms with van der Waals surface area (Å²) in [6, 6.07) is -0.121. The molecule has 1 amide bonds. The Labute approximate surface area is 106 Å². The Morgan fingerprint density at radius 2 is 2.39 bits per heavy atom. The summed E-state index contributed by atoms with van der Waals surface area (Å²) in [5.41, 5.74) is 0.288. The summed E-state index contributed by atoms with van der Waals surface area (Å²) < 4.78 is 4.94. The van der Waals surface area contributed by atoms with Gasteiger partial charge in [-0.2, -0.15) is 0 Å². The maximum Gasteiger partial charge on any atom is 0.355 e. The van der Waals surface area contributed by atoms with Gasteiger partial charge < -0.3 is 14.7 Å². The Hall–Kier alpha value is -1.62. The highest BCUT2D eigenvalue weighted by molar-refractivity contribution is 5.99. The third kappa shape index (κ3) is 1.75. The predicted molar refractivity (Wildman–Crippen MR) is 64.2 cm³/mol. The van der Waals surface area contributed by atoms with Gasteiger partial charge in [-0.15, -0.1) is 0 Å². The maximum absolute atomic E-state index is 11.9. The first kappa shape index (κ1) is 12.8. The van der Waals surface area contributed by atoms with E-state index in [4.69, 9.17) is 4.74 Å². The van der Waals surface area contributed by atoms with Gasteiger partial charge in [0.15, 0.2) is 0 Å². The molecule has 2 aliphatic rings. The van der Waals surface area contributed by atoms with E-state index in [0.717, 1.165) is 0 Å². The quantitative estimate of drug-likeness (QED) is 0.448. The SMILES string of the molecule is C=CCOC(=O)C1=CC(C)C2C(C(C)O)C(=O)N12. The molecule has 0 spiro atoms. The summed E-state index contributed by atoms with van der Waals surface area (Å²) in [5, 5.41) is 9.57. The van der Waals surface area contributed by atoms with Gasteiger partial charge in [0.05, 0.1) is 18.1 Å². The van der Waals surface area contributed by atoms with Crippen LogP contribution in [0.15, 0.2) is 24.4 Å². The van der Waals surface area contributed by atoms with Gasteiger partial charge in [-0.1, -0.05) is 19.6 Å². The number of esters is 1. The van der Waals surface area contributed by atoms with Crippen molar-refractivity contribution in [3.63, 3.8) is 0 Å². The lowest BCUT2D eigenvalue weighted by molar-refractivity contribution is -0.164. The lowest BCUT2D eigenvalue weighted by Crippen LogP contribution is -2.63. The molecule has 2 rings (SSSR count). The molecule has 1 fully saturated rings. The molecule has 4 unspecified atom stereocenters. The Kier molecular flexibility index (Phi) is 3.26. The number of fused-ring (bicyclic) bond motifs is 1. The van der Waals surface area contributed by atoms with Gasteiger partial charge in [-0.25, -0.2) is 4.79 Å². The molecule has 98 valence electrons. The first-order valence-electron chi connectivity index (χ1n) is 6.00. The van der Waals surface area contributed by atoms with E-state index in [1.807, 2.05) is 6.92 Å². The van der Waals surface area contributed by atoms with E-state index in [2.05, 4.69) is 6.58 Å². The minimum absolute atomic E-state index is 0.0496. The van der Waals surface area contributed by atoms with Crippen molar-refractivity contribution in [2.75, 3.05) is 6.61 Å². The van der Waals surface area contributed by atoms with Gasteiger partial charge in [0.25, 0.3) is 0 Å². The number of hydrogen-bond acceptors (Lipinski definition) is 4. The minimum atomic E-state index is -0.696. The number of carbonyl (C=O) groups is 2. The maximum atomic E-state index is 11.9. The van der Waals surface area contributed by atoms with Gasteiger partial charge in [0, 0.05) is 0 Å². The molecule has 0 aromatic carbocycles. The highest BCUT2D eigenvalue weighted by Gasteiger charge is 2.57. The molecule has 0 bridgehead atoms. The average Bonchev–Trinajstić information content (AvgIpc) is 2.58. The molecule has 2 heterocycles. The first-order chi connectivity index (χ1) is 8.49. The summed E-state index contributed by atoms with van der Waals surface area (Å²) in [6.45, 7) is 7.11. The second-order valence-electron chi connectivity index (χ2n) is 4.76. The van der Waals surface area contributed by atoms with Crippen molar-refractivity contribution in [1.29, 1.82) is 0 Å². The summed E-state index contributed by atoms with van der Waals surface area (Å²) in [7, 11) is 0. The number of ether oxygens (including phenoxy) is 1. The van der Waals surface area contributed by atoms with Crippen LogP contribution >= 0.6 is 0 Å². The van der Waals surface area contributed by atoms with Crippen LogP contribution in [0.4, 0.5) is 0 Å². The molecule has 5 heteroatoms. The monoisotopic (exact) mass is 251 g/mol.